The molecule has 3 atom stereocenters. The quantitative estimate of drug-likeness (QED) is 0.674. The number of halogens is 4. The number of piperidine rings is 1. The van der Waals surface area contributed by atoms with E-state index >= 15 is 0 Å². The molecule has 1 amide bonds. The van der Waals surface area contributed by atoms with E-state index in [-0.39, 0.29) is 37.6 Å². The summed E-state index contributed by atoms with van der Waals surface area (Å²) in [7, 11) is 0. The van der Waals surface area contributed by atoms with Crippen LogP contribution in [0.1, 0.15) is 62.0 Å². The van der Waals surface area contributed by atoms with Gasteiger partial charge in [-0.15, -0.1) is 11.3 Å². The molecule has 1 fully saturated rings. The van der Waals surface area contributed by atoms with Gasteiger partial charge in [-0.2, -0.15) is 8.78 Å². The van der Waals surface area contributed by atoms with Crippen molar-refractivity contribution >= 4 is 17.4 Å². The summed E-state index contributed by atoms with van der Waals surface area (Å²) < 4.78 is 64.8. The summed E-state index contributed by atoms with van der Waals surface area (Å²) >= 11 is 0.552. The zero-order valence-corrected chi connectivity index (χ0v) is 17.5. The molecule has 2 unspecified atom stereocenters. The van der Waals surface area contributed by atoms with Crippen LogP contribution in [0.4, 0.5) is 22.4 Å². The van der Waals surface area contributed by atoms with E-state index < -0.39 is 40.6 Å². The summed E-state index contributed by atoms with van der Waals surface area (Å²) in [5.74, 6) is -4.30. The largest absolute Gasteiger partial charge is 0.444 e. The van der Waals surface area contributed by atoms with Crippen LogP contribution < -0.4 is 0 Å². The molecule has 5 nitrogen and oxygen atoms in total. The third-order valence-electron chi connectivity index (χ3n) is 5.20. The first-order chi connectivity index (χ1) is 13.3. The molecule has 1 aromatic rings. The molecule has 0 aliphatic carbocycles. The third kappa shape index (κ3) is 4.11. The average Bonchev–Trinajstić information content (AvgIpc) is 3.04. The summed E-state index contributed by atoms with van der Waals surface area (Å²) in [6.45, 7) is 7.20. The molecule has 2 aliphatic rings. The molecule has 164 valence electrons. The normalized spacial score (nSPS) is 28.0. The van der Waals surface area contributed by atoms with Crippen LogP contribution in [-0.4, -0.2) is 47.3 Å². The Morgan fingerprint density at radius 1 is 1.41 bits per heavy atom. The summed E-state index contributed by atoms with van der Waals surface area (Å²) in [4.78, 5) is 13.5. The Morgan fingerprint density at radius 2 is 2.07 bits per heavy atom. The van der Waals surface area contributed by atoms with Crippen LogP contribution >= 0.6 is 11.3 Å². The SMILES string of the molecule is C[C@H]1CC2(CCN1C(=O)OC(C)(C)C)OCC(O)c1cc(C(F)(F)C(F)F)sc12. The molecule has 1 spiro atoms. The van der Waals surface area contributed by atoms with E-state index in [1.54, 1.807) is 32.6 Å². The highest BCUT2D eigenvalue weighted by Gasteiger charge is 2.51. The predicted octanol–water partition coefficient (Wildman–Crippen LogP) is 4.78. The van der Waals surface area contributed by atoms with Crippen molar-refractivity contribution in [3.8, 4) is 0 Å². The second kappa shape index (κ2) is 7.39. The smallest absolute Gasteiger partial charge is 0.410 e. The van der Waals surface area contributed by atoms with Crippen molar-refractivity contribution < 1.29 is 36.9 Å². The van der Waals surface area contributed by atoms with Crippen molar-refractivity contribution in [1.29, 1.82) is 0 Å². The number of hydrogen-bond donors (Lipinski definition) is 1. The number of amides is 1. The van der Waals surface area contributed by atoms with E-state index in [0.29, 0.717) is 16.2 Å². The molecule has 1 N–H and O–H groups in total. The Bertz CT molecular complexity index is 779. The summed E-state index contributed by atoms with van der Waals surface area (Å²) in [5.41, 5.74) is -1.46. The molecule has 29 heavy (non-hydrogen) atoms. The van der Waals surface area contributed by atoms with Gasteiger partial charge >= 0.3 is 18.4 Å². The van der Waals surface area contributed by atoms with Gasteiger partial charge < -0.3 is 19.5 Å². The number of aliphatic hydroxyl groups is 1. The number of likely N-dealkylation sites (tertiary alicyclic amines) is 1. The number of ether oxygens (including phenoxy) is 2. The Labute approximate surface area is 170 Å². The number of nitrogens with zero attached hydrogens (tertiary/aromatic N) is 1. The molecule has 10 heteroatoms. The number of rotatable bonds is 2. The second-order valence-corrected chi connectivity index (χ2v) is 9.67. The highest BCUT2D eigenvalue weighted by molar-refractivity contribution is 7.12. The lowest BCUT2D eigenvalue weighted by atomic mass is 9.81. The minimum Gasteiger partial charge on any atom is -0.444 e. The molecular weight excluding hydrogens is 414 g/mol. The van der Waals surface area contributed by atoms with Gasteiger partial charge in [-0.25, -0.2) is 13.6 Å². The topological polar surface area (TPSA) is 59.0 Å². The summed E-state index contributed by atoms with van der Waals surface area (Å²) in [6.07, 6.45) is -4.91. The van der Waals surface area contributed by atoms with Gasteiger partial charge in [0.05, 0.1) is 11.5 Å². The van der Waals surface area contributed by atoms with Crippen LogP contribution in [0.25, 0.3) is 0 Å². The lowest BCUT2D eigenvalue weighted by Gasteiger charge is -2.47. The number of carbonyl (C=O) groups excluding carboxylic acids is 1. The summed E-state index contributed by atoms with van der Waals surface area (Å²) in [5, 5.41) is 10.2. The summed E-state index contributed by atoms with van der Waals surface area (Å²) in [6, 6.07) is 0.634. The van der Waals surface area contributed by atoms with E-state index in [1.165, 1.54) is 0 Å². The molecule has 1 saturated heterocycles. The Hall–Kier alpha value is -1.39. The Morgan fingerprint density at radius 3 is 2.62 bits per heavy atom. The van der Waals surface area contributed by atoms with Crippen LogP contribution in [0.3, 0.4) is 0 Å². The minimum absolute atomic E-state index is 0.122. The first-order valence-electron chi connectivity index (χ1n) is 9.39. The molecule has 3 rings (SSSR count). The van der Waals surface area contributed by atoms with Crippen LogP contribution in [-0.2, 0) is 21.0 Å². The molecule has 0 bridgehead atoms. The van der Waals surface area contributed by atoms with Gasteiger partial charge in [0.2, 0.25) is 0 Å². The van der Waals surface area contributed by atoms with E-state index in [1.807, 2.05) is 0 Å². The van der Waals surface area contributed by atoms with Crippen LogP contribution in [0, 0.1) is 0 Å². The van der Waals surface area contributed by atoms with Crippen molar-refractivity contribution in [1.82, 2.24) is 4.90 Å². The molecule has 0 saturated carbocycles. The highest BCUT2D eigenvalue weighted by Crippen LogP contribution is 2.52. The van der Waals surface area contributed by atoms with E-state index in [0.717, 1.165) is 6.07 Å². The van der Waals surface area contributed by atoms with Crippen molar-refractivity contribution in [2.75, 3.05) is 13.2 Å². The number of carbonyl (C=O) groups is 1. The van der Waals surface area contributed by atoms with Gasteiger partial charge in [0.15, 0.2) is 0 Å². The number of alkyl halides is 4. The van der Waals surface area contributed by atoms with E-state index in [4.69, 9.17) is 9.47 Å². The minimum atomic E-state index is -4.30. The molecule has 0 radical (unpaired) electrons. The molecular formula is C19H25F4NO4S. The lowest BCUT2D eigenvalue weighted by Crippen LogP contribution is -2.53. The van der Waals surface area contributed by atoms with Crippen LogP contribution in [0.15, 0.2) is 6.07 Å². The number of hydrogen-bond acceptors (Lipinski definition) is 5. The average molecular weight is 439 g/mol. The Kier molecular flexibility index (Phi) is 5.68. The second-order valence-electron chi connectivity index (χ2n) is 8.62. The monoisotopic (exact) mass is 439 g/mol. The maximum absolute atomic E-state index is 13.9. The first kappa shape index (κ1) is 22.3. The molecule has 0 aromatic carbocycles. The third-order valence-corrected chi connectivity index (χ3v) is 6.62. The highest BCUT2D eigenvalue weighted by atomic mass is 32.1. The fourth-order valence-electron chi connectivity index (χ4n) is 3.81. The fraction of sp³-hybridized carbons (Fsp3) is 0.737. The number of aliphatic hydroxyl groups excluding tert-OH is 1. The fourth-order valence-corrected chi connectivity index (χ4v) is 5.19. The molecule has 3 heterocycles. The van der Waals surface area contributed by atoms with E-state index in [9.17, 15) is 27.5 Å². The molecule has 2 aliphatic heterocycles. The maximum atomic E-state index is 13.9. The number of thiophene rings is 1. The van der Waals surface area contributed by atoms with Crippen molar-refractivity contribution in [3.05, 3.63) is 21.4 Å². The predicted molar refractivity (Wildman–Crippen MR) is 98.4 cm³/mol. The van der Waals surface area contributed by atoms with Crippen molar-refractivity contribution in [3.63, 3.8) is 0 Å². The van der Waals surface area contributed by atoms with Gasteiger partial charge in [-0.3, -0.25) is 0 Å². The number of fused-ring (bicyclic) bond motifs is 2. The van der Waals surface area contributed by atoms with Gasteiger partial charge in [-0.05, 0) is 40.2 Å². The standard InChI is InChI=1S/C19H25F4NO4S/c1-10-8-18(5-6-24(10)16(26)28-17(2,3)4)14-11(12(25)9-27-18)7-13(29-14)19(22,23)15(20)21/h7,10,12,15,25H,5-6,8-9H2,1-4H3/t10-,12?,18?/m0/s1. The maximum Gasteiger partial charge on any atom is 0.410 e. The van der Waals surface area contributed by atoms with Gasteiger partial charge in [0, 0.05) is 29.4 Å². The van der Waals surface area contributed by atoms with Gasteiger partial charge in [0.1, 0.15) is 17.3 Å². The van der Waals surface area contributed by atoms with Gasteiger partial charge in [0.25, 0.3) is 0 Å². The van der Waals surface area contributed by atoms with Crippen LogP contribution in [0.5, 0.6) is 0 Å². The van der Waals surface area contributed by atoms with Crippen LogP contribution in [0.2, 0.25) is 0 Å². The van der Waals surface area contributed by atoms with E-state index in [2.05, 4.69) is 0 Å². The Balaban J connectivity index is 1.89. The lowest BCUT2D eigenvalue weighted by molar-refractivity contribution is -0.137. The first-order valence-corrected chi connectivity index (χ1v) is 10.2. The van der Waals surface area contributed by atoms with Crippen molar-refractivity contribution in [2.45, 2.75) is 76.2 Å². The zero-order chi connectivity index (χ0) is 21.8. The van der Waals surface area contributed by atoms with Gasteiger partial charge in [-0.1, -0.05) is 0 Å². The molecule has 1 aromatic heterocycles. The van der Waals surface area contributed by atoms with Crippen molar-refractivity contribution in [2.24, 2.45) is 0 Å². The zero-order valence-electron chi connectivity index (χ0n) is 16.7.